The smallest absolute Gasteiger partial charge is 0.231 e. The monoisotopic (exact) mass is 284 g/mol. The van der Waals surface area contributed by atoms with Gasteiger partial charge in [0.25, 0.3) is 0 Å². The van der Waals surface area contributed by atoms with Crippen molar-refractivity contribution in [2.24, 2.45) is 5.41 Å². The first-order chi connectivity index (χ1) is 10.2. The van der Waals surface area contributed by atoms with Gasteiger partial charge in [0.2, 0.25) is 5.91 Å². The zero-order valence-electron chi connectivity index (χ0n) is 12.2. The van der Waals surface area contributed by atoms with E-state index >= 15 is 0 Å². The van der Waals surface area contributed by atoms with Crippen LogP contribution >= 0.6 is 0 Å². The fourth-order valence-corrected chi connectivity index (χ4v) is 2.65. The Morgan fingerprint density at radius 3 is 2.81 bits per heavy atom. The first-order valence-electron chi connectivity index (χ1n) is 7.30. The Morgan fingerprint density at radius 1 is 1.38 bits per heavy atom. The Bertz CT molecular complexity index is 598. The molecule has 2 N–H and O–H groups in total. The topological polar surface area (TPSA) is 59.0 Å². The number of rotatable bonds is 3. The number of anilines is 1. The van der Waals surface area contributed by atoms with Crippen molar-refractivity contribution >= 4 is 11.6 Å². The van der Waals surface area contributed by atoms with Crippen molar-refractivity contribution < 1.29 is 4.79 Å². The summed E-state index contributed by atoms with van der Waals surface area (Å²) in [6, 6.07) is 9.60. The summed E-state index contributed by atoms with van der Waals surface area (Å²) in [6.07, 6.45) is 5.61. The van der Waals surface area contributed by atoms with E-state index in [1.54, 1.807) is 10.9 Å². The van der Waals surface area contributed by atoms with E-state index in [0.29, 0.717) is 0 Å². The second kappa shape index (κ2) is 5.69. The average Bonchev–Trinajstić information content (AvgIpc) is 3.03. The lowest BCUT2D eigenvalue weighted by Crippen LogP contribution is -2.46. The Labute approximate surface area is 124 Å². The third-order valence-corrected chi connectivity index (χ3v) is 4.04. The van der Waals surface area contributed by atoms with Gasteiger partial charge >= 0.3 is 0 Å². The van der Waals surface area contributed by atoms with Gasteiger partial charge in [-0.25, -0.2) is 4.68 Å². The molecular weight excluding hydrogens is 264 g/mol. The van der Waals surface area contributed by atoms with Crippen LogP contribution in [0.1, 0.15) is 19.8 Å². The number of hydrogen-bond acceptors (Lipinski definition) is 3. The number of carbonyl (C=O) groups excluding carboxylic acids is 1. The zero-order valence-corrected chi connectivity index (χ0v) is 12.2. The van der Waals surface area contributed by atoms with Crippen LogP contribution in [0.3, 0.4) is 0 Å². The van der Waals surface area contributed by atoms with Crippen molar-refractivity contribution in [1.82, 2.24) is 15.1 Å². The van der Waals surface area contributed by atoms with Gasteiger partial charge in [0.1, 0.15) is 0 Å². The van der Waals surface area contributed by atoms with Crippen molar-refractivity contribution in [1.29, 1.82) is 0 Å². The summed E-state index contributed by atoms with van der Waals surface area (Å²) < 4.78 is 1.79. The molecule has 0 saturated carbocycles. The third kappa shape index (κ3) is 2.97. The van der Waals surface area contributed by atoms with E-state index in [4.69, 9.17) is 0 Å². The zero-order chi connectivity index (χ0) is 14.7. The van der Waals surface area contributed by atoms with Gasteiger partial charge in [-0.1, -0.05) is 0 Å². The van der Waals surface area contributed by atoms with Crippen LogP contribution in [-0.4, -0.2) is 28.8 Å². The number of nitrogens with one attached hydrogen (secondary N) is 2. The second-order valence-electron chi connectivity index (χ2n) is 5.79. The van der Waals surface area contributed by atoms with Gasteiger partial charge in [-0.05, 0) is 56.6 Å². The SMILES string of the molecule is CC1(C(=O)Nc2ccc(-n3cccn3)cc2)CCCNC1. The van der Waals surface area contributed by atoms with Gasteiger partial charge in [-0.3, -0.25) is 4.79 Å². The molecule has 1 saturated heterocycles. The molecule has 1 aromatic heterocycles. The summed E-state index contributed by atoms with van der Waals surface area (Å²) in [4.78, 5) is 12.4. The molecule has 0 spiro atoms. The maximum atomic E-state index is 12.4. The molecule has 3 rings (SSSR count). The van der Waals surface area contributed by atoms with Gasteiger partial charge in [0.15, 0.2) is 0 Å². The van der Waals surface area contributed by atoms with E-state index in [2.05, 4.69) is 15.7 Å². The third-order valence-electron chi connectivity index (χ3n) is 4.04. The second-order valence-corrected chi connectivity index (χ2v) is 5.79. The standard InChI is InChI=1S/C16H20N4O/c1-16(8-2-9-17-12-16)15(21)19-13-4-6-14(7-5-13)20-11-3-10-18-20/h3-7,10-11,17H,2,8-9,12H2,1H3,(H,19,21). The molecule has 110 valence electrons. The molecule has 2 aromatic rings. The molecule has 1 aromatic carbocycles. The molecule has 1 aliphatic heterocycles. The lowest BCUT2D eigenvalue weighted by Gasteiger charge is -2.32. The maximum absolute atomic E-state index is 12.4. The van der Waals surface area contributed by atoms with Crippen molar-refractivity contribution in [2.75, 3.05) is 18.4 Å². The summed E-state index contributed by atoms with van der Waals surface area (Å²) in [5.41, 5.74) is 1.48. The molecule has 21 heavy (non-hydrogen) atoms. The van der Waals surface area contributed by atoms with Crippen LogP contribution in [0.2, 0.25) is 0 Å². The number of hydrogen-bond donors (Lipinski definition) is 2. The number of carbonyl (C=O) groups is 1. The minimum absolute atomic E-state index is 0.0848. The highest BCUT2D eigenvalue weighted by Crippen LogP contribution is 2.27. The molecule has 1 aliphatic rings. The molecule has 0 radical (unpaired) electrons. The van der Waals surface area contributed by atoms with E-state index in [9.17, 15) is 4.79 Å². The number of nitrogens with zero attached hydrogens (tertiary/aromatic N) is 2. The van der Waals surface area contributed by atoms with Crippen molar-refractivity contribution in [3.8, 4) is 5.69 Å². The molecular formula is C16H20N4O. The molecule has 1 atom stereocenters. The van der Waals surface area contributed by atoms with Gasteiger partial charge in [0, 0.05) is 24.6 Å². The van der Waals surface area contributed by atoms with Crippen molar-refractivity contribution in [3.05, 3.63) is 42.7 Å². The highest BCUT2D eigenvalue weighted by atomic mass is 16.2. The number of piperidine rings is 1. The van der Waals surface area contributed by atoms with Crippen molar-refractivity contribution in [3.63, 3.8) is 0 Å². The first kappa shape index (κ1) is 13.8. The summed E-state index contributed by atoms with van der Waals surface area (Å²) >= 11 is 0. The summed E-state index contributed by atoms with van der Waals surface area (Å²) in [7, 11) is 0. The molecule has 0 aliphatic carbocycles. The van der Waals surface area contributed by atoms with Crippen LogP contribution in [-0.2, 0) is 4.79 Å². The Balaban J connectivity index is 1.69. The fraction of sp³-hybridized carbons (Fsp3) is 0.375. The van der Waals surface area contributed by atoms with E-state index < -0.39 is 0 Å². The number of amides is 1. The maximum Gasteiger partial charge on any atom is 0.231 e. The highest BCUT2D eigenvalue weighted by Gasteiger charge is 2.34. The van der Waals surface area contributed by atoms with Crippen LogP contribution in [0.25, 0.3) is 5.69 Å². The summed E-state index contributed by atoms with van der Waals surface area (Å²) in [5, 5.41) is 10.5. The molecule has 2 heterocycles. The Kier molecular flexibility index (Phi) is 3.75. The highest BCUT2D eigenvalue weighted by molar-refractivity contribution is 5.95. The lowest BCUT2D eigenvalue weighted by molar-refractivity contribution is -0.125. The fourth-order valence-electron chi connectivity index (χ4n) is 2.65. The van der Waals surface area contributed by atoms with E-state index in [1.165, 1.54) is 0 Å². The van der Waals surface area contributed by atoms with Gasteiger partial charge in [-0.15, -0.1) is 0 Å². The number of aromatic nitrogens is 2. The predicted octanol–water partition coefficient (Wildman–Crippen LogP) is 2.20. The molecule has 1 amide bonds. The van der Waals surface area contributed by atoms with Gasteiger partial charge in [0.05, 0.1) is 11.1 Å². The molecule has 5 nitrogen and oxygen atoms in total. The molecule has 5 heteroatoms. The minimum atomic E-state index is -0.321. The summed E-state index contributed by atoms with van der Waals surface area (Å²) in [6.45, 7) is 3.76. The quantitative estimate of drug-likeness (QED) is 0.908. The Morgan fingerprint density at radius 2 is 2.19 bits per heavy atom. The van der Waals surface area contributed by atoms with Crippen LogP contribution in [0.5, 0.6) is 0 Å². The minimum Gasteiger partial charge on any atom is -0.326 e. The van der Waals surface area contributed by atoms with Crippen molar-refractivity contribution in [2.45, 2.75) is 19.8 Å². The average molecular weight is 284 g/mol. The van der Waals surface area contributed by atoms with E-state index in [1.807, 2.05) is 43.5 Å². The van der Waals surface area contributed by atoms with Gasteiger partial charge < -0.3 is 10.6 Å². The largest absolute Gasteiger partial charge is 0.326 e. The van der Waals surface area contributed by atoms with Crippen LogP contribution < -0.4 is 10.6 Å². The first-order valence-corrected chi connectivity index (χ1v) is 7.30. The van der Waals surface area contributed by atoms with E-state index in [0.717, 1.165) is 37.3 Å². The van der Waals surface area contributed by atoms with E-state index in [-0.39, 0.29) is 11.3 Å². The molecule has 1 fully saturated rings. The normalized spacial score (nSPS) is 22.0. The van der Waals surface area contributed by atoms with Gasteiger partial charge in [-0.2, -0.15) is 5.10 Å². The lowest BCUT2D eigenvalue weighted by atomic mass is 9.82. The molecule has 1 unspecified atom stereocenters. The van der Waals surface area contributed by atoms with Crippen LogP contribution in [0.4, 0.5) is 5.69 Å². The van der Waals surface area contributed by atoms with Crippen LogP contribution in [0, 0.1) is 5.41 Å². The molecule has 0 bridgehead atoms. The summed E-state index contributed by atoms with van der Waals surface area (Å²) in [5.74, 6) is 0.0848. The number of benzene rings is 1. The predicted molar refractivity (Wildman–Crippen MR) is 82.4 cm³/mol. The van der Waals surface area contributed by atoms with Crippen LogP contribution in [0.15, 0.2) is 42.7 Å². The Hall–Kier alpha value is -2.14.